The van der Waals surface area contributed by atoms with Gasteiger partial charge >= 0.3 is 0 Å². The lowest BCUT2D eigenvalue weighted by atomic mass is 10.0. The van der Waals surface area contributed by atoms with Crippen LogP contribution in [0.5, 0.6) is 0 Å². The Kier molecular flexibility index (Phi) is 6.02. The largest absolute Gasteiger partial charge is 0.377 e. The molecule has 1 rings (SSSR count). The van der Waals surface area contributed by atoms with Crippen LogP contribution in [0.4, 0.5) is 5.69 Å². The summed E-state index contributed by atoms with van der Waals surface area (Å²) in [6, 6.07) is 4.50. The number of benzene rings is 1. The number of hydrogen-bond acceptors (Lipinski definition) is 5. The molecule has 0 radical (unpaired) electrons. The molecule has 6 nitrogen and oxygen atoms in total. The smallest absolute Gasteiger partial charge is 0.221 e. The Balaban J connectivity index is 3.17. The van der Waals surface area contributed by atoms with Crippen molar-refractivity contribution in [1.82, 2.24) is 0 Å². The van der Waals surface area contributed by atoms with Crippen molar-refractivity contribution in [2.24, 2.45) is 0 Å². The second kappa shape index (κ2) is 7.52. The van der Waals surface area contributed by atoms with E-state index in [0.29, 0.717) is 11.3 Å². The number of carbonyl (C=O) groups excluding carboxylic acids is 3. The van der Waals surface area contributed by atoms with E-state index in [4.69, 9.17) is 9.47 Å². The third-order valence-electron chi connectivity index (χ3n) is 2.50. The van der Waals surface area contributed by atoms with E-state index in [1.807, 2.05) is 0 Å². The summed E-state index contributed by atoms with van der Waals surface area (Å²) in [4.78, 5) is 34.8. The van der Waals surface area contributed by atoms with Crippen LogP contribution in [0.15, 0.2) is 18.2 Å². The number of methoxy groups -OCH3 is 2. The quantitative estimate of drug-likeness (QED) is 0.761. The summed E-state index contributed by atoms with van der Waals surface area (Å²) in [5.41, 5.74) is 0.943. The topological polar surface area (TPSA) is 81.7 Å². The first-order valence-corrected chi connectivity index (χ1v) is 5.95. The van der Waals surface area contributed by atoms with Gasteiger partial charge in [-0.1, -0.05) is 0 Å². The van der Waals surface area contributed by atoms with Gasteiger partial charge in [-0.15, -0.1) is 0 Å². The average molecular weight is 279 g/mol. The maximum absolute atomic E-state index is 12.0. The lowest BCUT2D eigenvalue weighted by Gasteiger charge is -2.10. The normalized spacial score (nSPS) is 10.2. The minimum Gasteiger partial charge on any atom is -0.377 e. The minimum atomic E-state index is -0.316. The number of anilines is 1. The molecule has 0 unspecified atom stereocenters. The van der Waals surface area contributed by atoms with E-state index in [9.17, 15) is 14.4 Å². The molecule has 0 saturated carbocycles. The van der Waals surface area contributed by atoms with Crippen LogP contribution >= 0.6 is 0 Å². The molecule has 1 aromatic rings. The van der Waals surface area contributed by atoms with E-state index < -0.39 is 0 Å². The molecule has 0 saturated heterocycles. The number of ether oxygens (including phenoxy) is 2. The molecule has 0 spiro atoms. The number of carbonyl (C=O) groups is 3. The van der Waals surface area contributed by atoms with Gasteiger partial charge in [0, 0.05) is 32.3 Å². The first kappa shape index (κ1) is 16.0. The SMILES string of the molecule is COCC(=O)c1ccc(NC(C)=O)c(C(=O)COC)c1. The number of nitrogens with one attached hydrogen (secondary N) is 1. The highest BCUT2D eigenvalue weighted by Gasteiger charge is 2.15. The third-order valence-corrected chi connectivity index (χ3v) is 2.50. The van der Waals surface area contributed by atoms with E-state index in [1.165, 1.54) is 39.3 Å². The summed E-state index contributed by atoms with van der Waals surface area (Å²) in [6.45, 7) is 1.14. The van der Waals surface area contributed by atoms with Gasteiger partial charge in [0.2, 0.25) is 5.91 Å². The van der Waals surface area contributed by atoms with Crippen molar-refractivity contribution in [2.75, 3.05) is 32.8 Å². The van der Waals surface area contributed by atoms with Gasteiger partial charge in [0.1, 0.15) is 13.2 Å². The summed E-state index contributed by atoms with van der Waals surface area (Å²) < 4.78 is 9.57. The molecule has 20 heavy (non-hydrogen) atoms. The fourth-order valence-electron chi connectivity index (χ4n) is 1.67. The third kappa shape index (κ3) is 4.25. The van der Waals surface area contributed by atoms with Crippen LogP contribution in [0.2, 0.25) is 0 Å². The average Bonchev–Trinajstić information content (AvgIpc) is 2.39. The molecular weight excluding hydrogens is 262 g/mol. The standard InChI is InChI=1S/C14H17NO5/c1-9(16)15-12-5-4-10(13(17)7-19-2)6-11(12)14(18)8-20-3/h4-6H,7-8H2,1-3H3,(H,15,16). The molecule has 0 aliphatic carbocycles. The summed E-state index contributed by atoms with van der Waals surface area (Å²) >= 11 is 0. The molecule has 0 fully saturated rings. The van der Waals surface area contributed by atoms with Crippen LogP contribution in [0, 0.1) is 0 Å². The highest BCUT2D eigenvalue weighted by atomic mass is 16.5. The predicted octanol–water partition coefficient (Wildman–Crippen LogP) is 1.30. The zero-order chi connectivity index (χ0) is 15.1. The highest BCUT2D eigenvalue weighted by molar-refractivity contribution is 6.08. The molecule has 0 aliphatic rings. The molecule has 1 aromatic carbocycles. The van der Waals surface area contributed by atoms with Crippen LogP contribution in [-0.2, 0) is 14.3 Å². The minimum absolute atomic E-state index is 0.0720. The Morgan fingerprint density at radius 3 is 2.20 bits per heavy atom. The van der Waals surface area contributed by atoms with E-state index in [-0.39, 0.29) is 36.3 Å². The van der Waals surface area contributed by atoms with Gasteiger partial charge in [0.15, 0.2) is 11.6 Å². The van der Waals surface area contributed by atoms with Crippen molar-refractivity contribution in [1.29, 1.82) is 0 Å². The van der Waals surface area contributed by atoms with E-state index in [1.54, 1.807) is 0 Å². The van der Waals surface area contributed by atoms with Crippen molar-refractivity contribution in [3.05, 3.63) is 29.3 Å². The number of hydrogen-bond donors (Lipinski definition) is 1. The number of ketones is 2. The molecule has 6 heteroatoms. The Morgan fingerprint density at radius 1 is 1.05 bits per heavy atom. The van der Waals surface area contributed by atoms with Gasteiger partial charge in [-0.2, -0.15) is 0 Å². The van der Waals surface area contributed by atoms with Crippen LogP contribution < -0.4 is 5.32 Å². The molecule has 0 bridgehead atoms. The molecule has 0 aromatic heterocycles. The van der Waals surface area contributed by atoms with Crippen molar-refractivity contribution in [2.45, 2.75) is 6.92 Å². The van der Waals surface area contributed by atoms with Gasteiger partial charge in [-0.05, 0) is 18.2 Å². The summed E-state index contributed by atoms with van der Waals surface area (Å²) in [5, 5.41) is 2.55. The first-order chi connectivity index (χ1) is 9.49. The first-order valence-electron chi connectivity index (χ1n) is 5.95. The monoisotopic (exact) mass is 279 g/mol. The lowest BCUT2D eigenvalue weighted by molar-refractivity contribution is -0.114. The molecular formula is C14H17NO5. The van der Waals surface area contributed by atoms with E-state index in [0.717, 1.165) is 0 Å². The van der Waals surface area contributed by atoms with E-state index in [2.05, 4.69) is 5.32 Å². The van der Waals surface area contributed by atoms with Gasteiger partial charge in [-0.3, -0.25) is 14.4 Å². The summed E-state index contributed by atoms with van der Waals surface area (Å²) in [5.74, 6) is -0.857. The fraction of sp³-hybridized carbons (Fsp3) is 0.357. The molecule has 0 atom stereocenters. The van der Waals surface area contributed by atoms with Crippen LogP contribution in [0.25, 0.3) is 0 Å². The molecule has 1 N–H and O–H groups in total. The van der Waals surface area contributed by atoms with Crippen LogP contribution in [0.3, 0.4) is 0 Å². The van der Waals surface area contributed by atoms with Crippen molar-refractivity contribution in [3.63, 3.8) is 0 Å². The zero-order valence-corrected chi connectivity index (χ0v) is 11.7. The number of amides is 1. The maximum Gasteiger partial charge on any atom is 0.221 e. The van der Waals surface area contributed by atoms with Gasteiger partial charge in [0.05, 0.1) is 5.69 Å². The molecule has 1 amide bonds. The fourth-order valence-corrected chi connectivity index (χ4v) is 1.67. The predicted molar refractivity (Wildman–Crippen MR) is 73.2 cm³/mol. The molecule has 108 valence electrons. The van der Waals surface area contributed by atoms with Crippen LogP contribution in [-0.4, -0.2) is 44.9 Å². The summed E-state index contributed by atoms with van der Waals surface area (Å²) in [7, 11) is 2.82. The highest BCUT2D eigenvalue weighted by Crippen LogP contribution is 2.19. The Labute approximate surface area is 117 Å². The zero-order valence-electron chi connectivity index (χ0n) is 11.7. The van der Waals surface area contributed by atoms with Crippen molar-refractivity contribution < 1.29 is 23.9 Å². The Bertz CT molecular complexity index is 524. The maximum atomic E-state index is 12.0. The second-order valence-corrected chi connectivity index (χ2v) is 4.15. The van der Waals surface area contributed by atoms with E-state index >= 15 is 0 Å². The number of rotatable bonds is 7. The lowest BCUT2D eigenvalue weighted by Crippen LogP contribution is -2.16. The van der Waals surface area contributed by atoms with Crippen molar-refractivity contribution in [3.8, 4) is 0 Å². The van der Waals surface area contributed by atoms with Gasteiger partial charge < -0.3 is 14.8 Å². The van der Waals surface area contributed by atoms with Gasteiger partial charge in [-0.25, -0.2) is 0 Å². The Hall–Kier alpha value is -2.05. The molecule has 0 heterocycles. The van der Waals surface area contributed by atoms with Gasteiger partial charge in [0.25, 0.3) is 0 Å². The molecule has 0 aliphatic heterocycles. The van der Waals surface area contributed by atoms with Crippen LogP contribution in [0.1, 0.15) is 27.6 Å². The summed E-state index contributed by atoms with van der Waals surface area (Å²) in [6.07, 6.45) is 0. The van der Waals surface area contributed by atoms with Crippen molar-refractivity contribution >= 4 is 23.2 Å². The number of Topliss-reactive ketones (excluding diaryl/α,β-unsaturated/α-hetero) is 2. The second-order valence-electron chi connectivity index (χ2n) is 4.15. The Morgan fingerprint density at radius 2 is 1.65 bits per heavy atom.